The molecule has 1 aromatic carbocycles. The van der Waals surface area contributed by atoms with Crippen LogP contribution in [0.15, 0.2) is 24.3 Å². The summed E-state index contributed by atoms with van der Waals surface area (Å²) in [7, 11) is 0. The van der Waals surface area contributed by atoms with Crippen LogP contribution >= 0.6 is 0 Å². The number of hydrogen-bond acceptors (Lipinski definition) is 9. The highest BCUT2D eigenvalue weighted by atomic mass is 16.6. The van der Waals surface area contributed by atoms with Crippen molar-refractivity contribution >= 4 is 23.6 Å². The number of anilines is 2. The summed E-state index contributed by atoms with van der Waals surface area (Å²) < 4.78 is 16.8. The van der Waals surface area contributed by atoms with Crippen LogP contribution in [0.5, 0.6) is 11.5 Å². The summed E-state index contributed by atoms with van der Waals surface area (Å²) in [4.78, 5) is 29.9. The number of aromatic nitrogens is 1. The largest absolute Gasteiger partial charge is 0.492 e. The molecule has 4 aliphatic rings. The molecule has 6 rings (SSSR count). The summed E-state index contributed by atoms with van der Waals surface area (Å²) in [6.07, 6.45) is 3.64. The Morgan fingerprint density at radius 2 is 2.16 bits per heavy atom. The molecule has 198 valence electrons. The van der Waals surface area contributed by atoms with Crippen molar-refractivity contribution in [3.63, 3.8) is 0 Å². The first-order chi connectivity index (χ1) is 18.4. The number of hydrogen-bond donors (Lipinski definition) is 3. The van der Waals surface area contributed by atoms with Crippen molar-refractivity contribution in [2.45, 2.75) is 43.7 Å². The van der Waals surface area contributed by atoms with Crippen molar-refractivity contribution < 1.29 is 23.8 Å². The van der Waals surface area contributed by atoms with Gasteiger partial charge in [0.05, 0.1) is 23.7 Å². The number of fused-ring (bicyclic) bond motifs is 2. The minimum atomic E-state index is -0.457. The van der Waals surface area contributed by atoms with E-state index in [1.807, 2.05) is 6.07 Å². The smallest absolute Gasteiger partial charge is 0.415 e. The molecule has 0 bridgehead atoms. The summed E-state index contributed by atoms with van der Waals surface area (Å²) in [5, 5.41) is 15.8. The third-order valence-electron chi connectivity index (χ3n) is 7.54. The SMILES string of the molecule is N#Cc1cc(OCC2(N)CC2)cc2c1CC(CNCCC1CN(c3ccc4c(n3)NC(=O)CO4)C(=O)O1)C2. The number of benzene rings is 1. The normalized spacial score (nSPS) is 22.6. The van der Waals surface area contributed by atoms with Crippen molar-refractivity contribution in [3.05, 3.63) is 41.0 Å². The van der Waals surface area contributed by atoms with Crippen molar-refractivity contribution in [1.29, 1.82) is 5.26 Å². The van der Waals surface area contributed by atoms with Crippen molar-refractivity contribution in [1.82, 2.24) is 10.3 Å². The molecule has 2 aliphatic carbocycles. The van der Waals surface area contributed by atoms with Crippen LogP contribution in [0.1, 0.15) is 36.0 Å². The van der Waals surface area contributed by atoms with Gasteiger partial charge in [-0.1, -0.05) is 0 Å². The predicted octanol–water partition coefficient (Wildman–Crippen LogP) is 1.87. The van der Waals surface area contributed by atoms with Gasteiger partial charge in [0.2, 0.25) is 0 Å². The highest BCUT2D eigenvalue weighted by Gasteiger charge is 2.39. The average Bonchev–Trinajstić information content (AvgIpc) is 3.32. The predicted molar refractivity (Wildman–Crippen MR) is 137 cm³/mol. The van der Waals surface area contributed by atoms with Gasteiger partial charge in [0.1, 0.15) is 24.3 Å². The number of carbonyl (C=O) groups is 2. The minimum Gasteiger partial charge on any atom is -0.492 e. The molecule has 2 unspecified atom stereocenters. The number of amides is 2. The zero-order chi connectivity index (χ0) is 26.3. The van der Waals surface area contributed by atoms with Gasteiger partial charge in [0.25, 0.3) is 5.91 Å². The third-order valence-corrected chi connectivity index (χ3v) is 7.54. The van der Waals surface area contributed by atoms with E-state index in [2.05, 4.69) is 27.8 Å². The highest BCUT2D eigenvalue weighted by molar-refractivity contribution is 5.95. The van der Waals surface area contributed by atoms with Gasteiger partial charge in [0, 0.05) is 0 Å². The maximum absolute atomic E-state index is 12.5. The lowest BCUT2D eigenvalue weighted by Crippen LogP contribution is -2.30. The molecule has 4 N–H and O–H groups in total. The zero-order valence-corrected chi connectivity index (χ0v) is 21.0. The maximum Gasteiger partial charge on any atom is 0.415 e. The Labute approximate surface area is 220 Å². The molecule has 2 amide bonds. The van der Waals surface area contributed by atoms with Crippen LogP contribution < -0.4 is 30.7 Å². The summed E-state index contributed by atoms with van der Waals surface area (Å²) in [5.41, 5.74) is 8.90. The van der Waals surface area contributed by atoms with Crippen LogP contribution in [-0.2, 0) is 22.4 Å². The number of cyclic esters (lactones) is 1. The van der Waals surface area contributed by atoms with Crippen LogP contribution in [-0.4, -0.2) is 61.5 Å². The summed E-state index contributed by atoms with van der Waals surface area (Å²) >= 11 is 0. The molecule has 0 radical (unpaired) electrons. The first-order valence-corrected chi connectivity index (χ1v) is 13.0. The maximum atomic E-state index is 12.5. The van der Waals surface area contributed by atoms with Gasteiger partial charge in [-0.25, -0.2) is 9.78 Å². The molecule has 38 heavy (non-hydrogen) atoms. The molecule has 2 aromatic rings. The second-order valence-electron chi connectivity index (χ2n) is 10.6. The molecule has 2 atom stereocenters. The molecule has 11 nitrogen and oxygen atoms in total. The van der Waals surface area contributed by atoms with Gasteiger partial charge in [0.15, 0.2) is 18.2 Å². The first-order valence-electron chi connectivity index (χ1n) is 13.0. The van der Waals surface area contributed by atoms with E-state index in [1.54, 1.807) is 12.1 Å². The fourth-order valence-corrected chi connectivity index (χ4v) is 5.19. The molecule has 1 saturated heterocycles. The summed E-state index contributed by atoms with van der Waals surface area (Å²) in [6.45, 7) is 2.31. The molecular weight excluding hydrogens is 488 g/mol. The fraction of sp³-hybridized carbons (Fsp3) is 0.481. The van der Waals surface area contributed by atoms with Gasteiger partial charge in [-0.05, 0) is 86.5 Å². The zero-order valence-electron chi connectivity index (χ0n) is 21.0. The van der Waals surface area contributed by atoms with E-state index < -0.39 is 6.09 Å². The van der Waals surface area contributed by atoms with E-state index in [0.717, 1.165) is 43.5 Å². The van der Waals surface area contributed by atoms with Crippen molar-refractivity contribution in [2.75, 3.05) is 43.1 Å². The van der Waals surface area contributed by atoms with E-state index in [0.29, 0.717) is 55.0 Å². The number of nitriles is 1. The lowest BCUT2D eigenvalue weighted by molar-refractivity contribution is -0.118. The summed E-state index contributed by atoms with van der Waals surface area (Å²) in [5.74, 6) is 2.02. The monoisotopic (exact) mass is 518 g/mol. The minimum absolute atomic E-state index is 0.0495. The van der Waals surface area contributed by atoms with Gasteiger partial charge >= 0.3 is 6.09 Å². The van der Waals surface area contributed by atoms with Crippen LogP contribution in [0.4, 0.5) is 16.4 Å². The van der Waals surface area contributed by atoms with E-state index >= 15 is 0 Å². The lowest BCUT2D eigenvalue weighted by atomic mass is 10.0. The fourth-order valence-electron chi connectivity index (χ4n) is 5.19. The van der Waals surface area contributed by atoms with E-state index in [9.17, 15) is 14.9 Å². The van der Waals surface area contributed by atoms with Gasteiger partial charge in [-0.2, -0.15) is 5.26 Å². The first kappa shape index (κ1) is 24.5. The topological polar surface area (TPSA) is 152 Å². The van der Waals surface area contributed by atoms with Crippen LogP contribution in [0.2, 0.25) is 0 Å². The average molecular weight is 519 g/mol. The molecule has 1 aromatic heterocycles. The van der Waals surface area contributed by atoms with Gasteiger partial charge in [-0.15, -0.1) is 0 Å². The molecule has 1 saturated carbocycles. The van der Waals surface area contributed by atoms with E-state index in [-0.39, 0.29) is 24.2 Å². The number of carbonyl (C=O) groups excluding carboxylic acids is 2. The van der Waals surface area contributed by atoms with Crippen LogP contribution in [0.25, 0.3) is 0 Å². The van der Waals surface area contributed by atoms with E-state index in [1.165, 1.54) is 10.5 Å². The second kappa shape index (κ2) is 9.78. The number of nitrogens with one attached hydrogen (secondary N) is 2. The molecular formula is C27H30N6O5. The Kier molecular flexibility index (Phi) is 6.29. The molecule has 2 fully saturated rings. The Balaban J connectivity index is 0.978. The van der Waals surface area contributed by atoms with Gasteiger partial charge in [-0.3, -0.25) is 9.69 Å². The quantitative estimate of drug-likeness (QED) is 0.423. The summed E-state index contributed by atoms with van der Waals surface area (Å²) in [6, 6.07) is 9.59. The highest BCUT2D eigenvalue weighted by Crippen LogP contribution is 2.36. The standard InChI is InChI=1S/C27H30N6O5/c28-11-18-10-20(37-15-27(29)4-5-27)9-17-7-16(8-21(17)18)12-30-6-3-19-13-33(26(35)38-19)23-2-1-22-25(31-23)32-24(34)14-36-22/h1-2,9-10,16,19,30H,3-8,12-15,29H2,(H,31,32,34). The number of rotatable bonds is 9. The molecule has 11 heteroatoms. The Bertz CT molecular complexity index is 1320. The molecule has 3 heterocycles. The van der Waals surface area contributed by atoms with Gasteiger partial charge < -0.3 is 30.6 Å². The molecule has 0 spiro atoms. The Morgan fingerprint density at radius 3 is 2.97 bits per heavy atom. The Morgan fingerprint density at radius 1 is 1.29 bits per heavy atom. The lowest BCUT2D eigenvalue weighted by Gasteiger charge is -2.19. The number of ether oxygens (including phenoxy) is 3. The van der Waals surface area contributed by atoms with Crippen molar-refractivity contribution in [2.24, 2.45) is 11.7 Å². The number of nitrogens with two attached hydrogens (primary N) is 1. The van der Waals surface area contributed by atoms with Crippen LogP contribution in [0, 0.1) is 17.2 Å². The van der Waals surface area contributed by atoms with E-state index in [4.69, 9.17) is 19.9 Å². The van der Waals surface area contributed by atoms with Crippen molar-refractivity contribution in [3.8, 4) is 17.6 Å². The second-order valence-corrected chi connectivity index (χ2v) is 10.6. The van der Waals surface area contributed by atoms with Crippen LogP contribution in [0.3, 0.4) is 0 Å². The molecule has 2 aliphatic heterocycles. The number of pyridine rings is 1. The third kappa shape index (κ3) is 5.10. The Hall–Kier alpha value is -3.88. The number of nitrogens with zero attached hydrogens (tertiary/aromatic N) is 3.